The van der Waals surface area contributed by atoms with Gasteiger partial charge in [0.1, 0.15) is 6.61 Å². The van der Waals surface area contributed by atoms with E-state index in [0.717, 1.165) is 16.8 Å². The first kappa shape index (κ1) is 10.7. The molecule has 0 atom stereocenters. The van der Waals surface area contributed by atoms with Crippen LogP contribution in [0.5, 0.6) is 0 Å². The molecule has 0 fully saturated rings. The normalized spacial score (nSPS) is 10.0. The summed E-state index contributed by atoms with van der Waals surface area (Å²) < 4.78 is 0. The zero-order chi connectivity index (χ0) is 10.7. The summed E-state index contributed by atoms with van der Waals surface area (Å²) in [5, 5.41) is 8.72. The number of hydrogen-bond acceptors (Lipinski definition) is 2. The standard InChI is InChI=1S/C11H15NO2/c1-8-4-5-10(9(2)6-8)12(3)11(14)7-13/h4-6,13H,7H2,1-3H3. The number of carbonyl (C=O) groups is 1. The second-order valence-electron chi connectivity index (χ2n) is 3.40. The Bertz CT molecular complexity index is 347. The van der Waals surface area contributed by atoms with Crippen molar-refractivity contribution in [1.82, 2.24) is 0 Å². The Hall–Kier alpha value is -1.35. The topological polar surface area (TPSA) is 40.5 Å². The lowest BCUT2D eigenvalue weighted by atomic mass is 10.1. The van der Waals surface area contributed by atoms with Crippen LogP contribution in [-0.4, -0.2) is 24.7 Å². The van der Waals surface area contributed by atoms with Crippen LogP contribution in [0.1, 0.15) is 11.1 Å². The highest BCUT2D eigenvalue weighted by Crippen LogP contribution is 2.19. The number of aliphatic hydroxyl groups excluding tert-OH is 1. The van der Waals surface area contributed by atoms with Gasteiger partial charge < -0.3 is 10.0 Å². The van der Waals surface area contributed by atoms with Gasteiger partial charge in [-0.05, 0) is 25.5 Å². The van der Waals surface area contributed by atoms with E-state index in [-0.39, 0.29) is 5.91 Å². The molecular weight excluding hydrogens is 178 g/mol. The van der Waals surface area contributed by atoms with Crippen LogP contribution in [-0.2, 0) is 4.79 Å². The lowest BCUT2D eigenvalue weighted by molar-refractivity contribution is -0.120. The first-order valence-electron chi connectivity index (χ1n) is 4.51. The molecule has 0 aliphatic heterocycles. The summed E-state index contributed by atoms with van der Waals surface area (Å²) in [6.45, 7) is 3.50. The second kappa shape index (κ2) is 4.24. The first-order valence-corrected chi connectivity index (χ1v) is 4.51. The summed E-state index contributed by atoms with van der Waals surface area (Å²) >= 11 is 0. The van der Waals surface area contributed by atoms with Crippen molar-refractivity contribution < 1.29 is 9.90 Å². The highest BCUT2D eigenvalue weighted by Gasteiger charge is 2.10. The fourth-order valence-corrected chi connectivity index (χ4v) is 1.42. The van der Waals surface area contributed by atoms with Crippen molar-refractivity contribution in [2.75, 3.05) is 18.6 Å². The van der Waals surface area contributed by atoms with Gasteiger partial charge in [-0.25, -0.2) is 0 Å². The molecule has 14 heavy (non-hydrogen) atoms. The Balaban J connectivity index is 3.01. The Kier molecular flexibility index (Phi) is 3.25. The number of amides is 1. The highest BCUT2D eigenvalue weighted by atomic mass is 16.3. The van der Waals surface area contributed by atoms with Gasteiger partial charge in [0, 0.05) is 12.7 Å². The average molecular weight is 193 g/mol. The molecule has 0 unspecified atom stereocenters. The monoisotopic (exact) mass is 193 g/mol. The van der Waals surface area contributed by atoms with E-state index in [1.807, 2.05) is 32.0 Å². The zero-order valence-electron chi connectivity index (χ0n) is 8.74. The van der Waals surface area contributed by atoms with Crippen LogP contribution in [0.25, 0.3) is 0 Å². The molecule has 3 nitrogen and oxygen atoms in total. The largest absolute Gasteiger partial charge is 0.387 e. The molecule has 0 aliphatic rings. The van der Waals surface area contributed by atoms with Crippen LogP contribution in [0.4, 0.5) is 5.69 Å². The Morgan fingerprint density at radius 3 is 2.57 bits per heavy atom. The molecule has 0 saturated carbocycles. The molecule has 3 heteroatoms. The van der Waals surface area contributed by atoms with Crippen LogP contribution in [0, 0.1) is 13.8 Å². The molecule has 0 heterocycles. The Labute approximate surface area is 84.0 Å². The highest BCUT2D eigenvalue weighted by molar-refractivity contribution is 5.94. The lowest BCUT2D eigenvalue weighted by Crippen LogP contribution is -2.29. The van der Waals surface area contributed by atoms with Crippen molar-refractivity contribution in [3.05, 3.63) is 29.3 Å². The van der Waals surface area contributed by atoms with Crippen LogP contribution in [0.3, 0.4) is 0 Å². The van der Waals surface area contributed by atoms with Gasteiger partial charge in [-0.2, -0.15) is 0 Å². The predicted molar refractivity (Wildman–Crippen MR) is 56.4 cm³/mol. The van der Waals surface area contributed by atoms with Gasteiger partial charge >= 0.3 is 0 Å². The number of nitrogens with zero attached hydrogens (tertiary/aromatic N) is 1. The van der Waals surface area contributed by atoms with Crippen molar-refractivity contribution in [1.29, 1.82) is 0 Å². The number of aryl methyl sites for hydroxylation is 2. The summed E-state index contributed by atoms with van der Waals surface area (Å²) in [7, 11) is 1.66. The van der Waals surface area contributed by atoms with Crippen LogP contribution < -0.4 is 4.90 Å². The third-order valence-electron chi connectivity index (χ3n) is 2.22. The van der Waals surface area contributed by atoms with Crippen molar-refractivity contribution in [2.45, 2.75) is 13.8 Å². The molecule has 1 rings (SSSR count). The van der Waals surface area contributed by atoms with Crippen LogP contribution in [0.2, 0.25) is 0 Å². The molecular formula is C11H15NO2. The van der Waals surface area contributed by atoms with Gasteiger partial charge in [0.15, 0.2) is 0 Å². The van der Waals surface area contributed by atoms with E-state index in [4.69, 9.17) is 5.11 Å². The predicted octanol–water partition coefficient (Wildman–Crippen LogP) is 1.26. The average Bonchev–Trinajstić information content (AvgIpc) is 2.15. The number of rotatable bonds is 2. The maximum Gasteiger partial charge on any atom is 0.252 e. The molecule has 0 spiro atoms. The van der Waals surface area contributed by atoms with Crippen molar-refractivity contribution in [3.8, 4) is 0 Å². The maximum absolute atomic E-state index is 11.2. The minimum Gasteiger partial charge on any atom is -0.387 e. The quantitative estimate of drug-likeness (QED) is 0.768. The first-order chi connectivity index (χ1) is 6.56. The number of benzene rings is 1. The SMILES string of the molecule is Cc1ccc(N(C)C(=O)CO)c(C)c1. The van der Waals surface area contributed by atoms with Crippen LogP contribution >= 0.6 is 0 Å². The summed E-state index contributed by atoms with van der Waals surface area (Å²) in [4.78, 5) is 12.7. The number of likely N-dealkylation sites (N-methyl/N-ethyl adjacent to an activating group) is 1. The van der Waals surface area contributed by atoms with E-state index in [0.29, 0.717) is 0 Å². The van der Waals surface area contributed by atoms with E-state index in [9.17, 15) is 4.79 Å². The lowest BCUT2D eigenvalue weighted by Gasteiger charge is -2.18. The molecule has 0 aromatic heterocycles. The van der Waals surface area contributed by atoms with Gasteiger partial charge in [0.2, 0.25) is 0 Å². The van der Waals surface area contributed by atoms with Gasteiger partial charge in [0.25, 0.3) is 5.91 Å². The summed E-state index contributed by atoms with van der Waals surface area (Å²) in [6, 6.07) is 5.85. The third-order valence-corrected chi connectivity index (χ3v) is 2.22. The molecule has 1 amide bonds. The molecule has 0 radical (unpaired) electrons. The fourth-order valence-electron chi connectivity index (χ4n) is 1.42. The fraction of sp³-hybridized carbons (Fsp3) is 0.364. The van der Waals surface area contributed by atoms with Crippen molar-refractivity contribution in [3.63, 3.8) is 0 Å². The summed E-state index contributed by atoms with van der Waals surface area (Å²) in [5.41, 5.74) is 3.04. The summed E-state index contributed by atoms with van der Waals surface area (Å²) in [6.07, 6.45) is 0. The minimum absolute atomic E-state index is 0.294. The third kappa shape index (κ3) is 2.12. The Morgan fingerprint density at radius 2 is 2.07 bits per heavy atom. The number of aliphatic hydroxyl groups is 1. The number of hydrogen-bond donors (Lipinski definition) is 1. The van der Waals surface area contributed by atoms with E-state index >= 15 is 0 Å². The zero-order valence-corrected chi connectivity index (χ0v) is 8.74. The smallest absolute Gasteiger partial charge is 0.252 e. The van der Waals surface area contributed by atoms with Crippen LogP contribution in [0.15, 0.2) is 18.2 Å². The van der Waals surface area contributed by atoms with Gasteiger partial charge in [-0.15, -0.1) is 0 Å². The molecule has 0 bridgehead atoms. The molecule has 1 N–H and O–H groups in total. The molecule has 1 aromatic rings. The number of carbonyl (C=O) groups excluding carboxylic acids is 1. The molecule has 1 aromatic carbocycles. The second-order valence-corrected chi connectivity index (χ2v) is 3.40. The van der Waals surface area contributed by atoms with Gasteiger partial charge in [-0.1, -0.05) is 17.7 Å². The number of anilines is 1. The van der Waals surface area contributed by atoms with E-state index in [1.165, 1.54) is 4.90 Å². The minimum atomic E-state index is -0.455. The maximum atomic E-state index is 11.2. The van der Waals surface area contributed by atoms with E-state index in [2.05, 4.69) is 0 Å². The Morgan fingerprint density at radius 1 is 1.43 bits per heavy atom. The van der Waals surface area contributed by atoms with E-state index in [1.54, 1.807) is 7.05 Å². The van der Waals surface area contributed by atoms with E-state index < -0.39 is 6.61 Å². The van der Waals surface area contributed by atoms with Gasteiger partial charge in [-0.3, -0.25) is 4.79 Å². The molecule has 76 valence electrons. The van der Waals surface area contributed by atoms with Gasteiger partial charge in [0.05, 0.1) is 0 Å². The van der Waals surface area contributed by atoms with Crippen molar-refractivity contribution >= 4 is 11.6 Å². The molecule has 0 saturated heterocycles. The summed E-state index contributed by atoms with van der Waals surface area (Å²) in [5.74, 6) is -0.294. The molecule has 0 aliphatic carbocycles. The van der Waals surface area contributed by atoms with Crippen molar-refractivity contribution in [2.24, 2.45) is 0 Å².